The summed E-state index contributed by atoms with van der Waals surface area (Å²) >= 11 is 0. The Morgan fingerprint density at radius 3 is 2.89 bits per heavy atom. The number of hydrogen-bond donors (Lipinski definition) is 2. The zero-order chi connectivity index (χ0) is 13.7. The summed E-state index contributed by atoms with van der Waals surface area (Å²) in [7, 11) is -3.61. The molecule has 2 aromatic rings. The topological polar surface area (TPSA) is 84.2 Å². The van der Waals surface area contributed by atoms with E-state index in [0.29, 0.717) is 12.4 Å². The van der Waals surface area contributed by atoms with Crippen LogP contribution in [0.5, 0.6) is 0 Å². The highest BCUT2D eigenvalue weighted by Crippen LogP contribution is 2.17. The van der Waals surface area contributed by atoms with Crippen LogP contribution in [-0.2, 0) is 16.6 Å². The van der Waals surface area contributed by atoms with E-state index < -0.39 is 10.0 Å². The largest absolute Gasteiger partial charge is 0.472 e. The molecule has 0 saturated carbocycles. The van der Waals surface area contributed by atoms with E-state index >= 15 is 0 Å². The third kappa shape index (κ3) is 3.33. The van der Waals surface area contributed by atoms with Crippen LogP contribution in [0.2, 0.25) is 0 Å². The molecule has 0 spiro atoms. The van der Waals surface area contributed by atoms with Crippen LogP contribution in [0.15, 0.2) is 46.2 Å². The van der Waals surface area contributed by atoms with Gasteiger partial charge in [0.25, 0.3) is 0 Å². The summed E-state index contributed by atoms with van der Waals surface area (Å²) in [6.45, 7) is 2.66. The maximum absolute atomic E-state index is 12.2. The van der Waals surface area contributed by atoms with Gasteiger partial charge < -0.3 is 9.73 Å². The minimum atomic E-state index is -3.61. The first-order chi connectivity index (χ1) is 9.13. The van der Waals surface area contributed by atoms with Crippen molar-refractivity contribution >= 4 is 15.8 Å². The van der Waals surface area contributed by atoms with Crippen molar-refractivity contribution in [2.24, 2.45) is 0 Å². The van der Waals surface area contributed by atoms with E-state index in [4.69, 9.17) is 4.42 Å². The zero-order valence-electron chi connectivity index (χ0n) is 10.5. The van der Waals surface area contributed by atoms with Crippen LogP contribution >= 0.6 is 0 Å². The number of furan rings is 1. The fraction of sp³-hybridized carbons (Fsp3) is 0.250. The number of anilines is 1. The molecule has 0 radical (unpaired) electrons. The second-order valence-corrected chi connectivity index (χ2v) is 5.57. The van der Waals surface area contributed by atoms with Gasteiger partial charge in [-0.1, -0.05) is 0 Å². The van der Waals surface area contributed by atoms with E-state index in [1.165, 1.54) is 18.6 Å². The summed E-state index contributed by atoms with van der Waals surface area (Å²) < 4.78 is 31.8. The van der Waals surface area contributed by atoms with Crippen molar-refractivity contribution in [2.45, 2.75) is 18.4 Å². The highest BCUT2D eigenvalue weighted by Gasteiger charge is 2.18. The predicted octanol–water partition coefficient (Wildman–Crippen LogP) is 1.58. The maximum Gasteiger partial charge on any atom is 0.244 e. The Hall–Kier alpha value is -1.86. The molecule has 2 rings (SSSR count). The van der Waals surface area contributed by atoms with E-state index in [9.17, 15) is 8.42 Å². The number of aromatic nitrogens is 1. The van der Waals surface area contributed by atoms with Crippen LogP contribution in [0.1, 0.15) is 12.5 Å². The Kier molecular flexibility index (Phi) is 4.18. The predicted molar refractivity (Wildman–Crippen MR) is 71.1 cm³/mol. The molecule has 0 fully saturated rings. The van der Waals surface area contributed by atoms with E-state index in [0.717, 1.165) is 5.56 Å². The van der Waals surface area contributed by atoms with Crippen molar-refractivity contribution in [1.29, 1.82) is 0 Å². The smallest absolute Gasteiger partial charge is 0.244 e. The first kappa shape index (κ1) is 13.6. The number of nitrogens with one attached hydrogen (secondary N) is 2. The number of hydrogen-bond acceptors (Lipinski definition) is 5. The molecule has 2 N–H and O–H groups in total. The van der Waals surface area contributed by atoms with Crippen LogP contribution in [0, 0.1) is 0 Å². The van der Waals surface area contributed by atoms with Gasteiger partial charge in [0, 0.05) is 24.8 Å². The van der Waals surface area contributed by atoms with E-state index in [1.54, 1.807) is 18.3 Å². The number of sulfonamides is 1. The van der Waals surface area contributed by atoms with Crippen molar-refractivity contribution in [3.8, 4) is 0 Å². The number of pyridine rings is 1. The number of nitrogens with zero attached hydrogens (tertiary/aromatic N) is 1. The van der Waals surface area contributed by atoms with Gasteiger partial charge >= 0.3 is 0 Å². The second-order valence-electron chi connectivity index (χ2n) is 3.84. The average Bonchev–Trinajstić information content (AvgIpc) is 2.91. The molecule has 2 heterocycles. The fourth-order valence-corrected chi connectivity index (χ4v) is 2.71. The van der Waals surface area contributed by atoms with Gasteiger partial charge in [0.1, 0.15) is 10.7 Å². The maximum atomic E-state index is 12.2. The summed E-state index contributed by atoms with van der Waals surface area (Å²) in [5, 5.41) is 2.93. The Morgan fingerprint density at radius 1 is 1.37 bits per heavy atom. The van der Waals surface area contributed by atoms with Crippen molar-refractivity contribution in [3.05, 3.63) is 42.5 Å². The SMILES string of the molecule is CCNc1ncccc1S(=O)(=O)NCc1ccoc1. The molecule has 0 saturated heterocycles. The van der Waals surface area contributed by atoms with Gasteiger partial charge in [0.2, 0.25) is 10.0 Å². The molecule has 2 aromatic heterocycles. The summed E-state index contributed by atoms with van der Waals surface area (Å²) in [6, 6.07) is 4.81. The standard InChI is InChI=1S/C12H15N3O3S/c1-2-13-12-11(4-3-6-14-12)19(16,17)15-8-10-5-7-18-9-10/h3-7,9,15H,2,8H2,1H3,(H,13,14). The monoisotopic (exact) mass is 281 g/mol. The molecule has 0 unspecified atom stereocenters. The van der Waals surface area contributed by atoms with E-state index in [-0.39, 0.29) is 11.4 Å². The van der Waals surface area contributed by atoms with Crippen LogP contribution in [-0.4, -0.2) is 19.9 Å². The molecule has 0 aliphatic carbocycles. The molecule has 0 amide bonds. The van der Waals surface area contributed by atoms with Crippen LogP contribution in [0.4, 0.5) is 5.82 Å². The van der Waals surface area contributed by atoms with Gasteiger partial charge in [0.05, 0.1) is 12.5 Å². The van der Waals surface area contributed by atoms with E-state index in [1.807, 2.05) is 6.92 Å². The lowest BCUT2D eigenvalue weighted by molar-refractivity contribution is 0.561. The highest BCUT2D eigenvalue weighted by molar-refractivity contribution is 7.89. The molecule has 102 valence electrons. The second kappa shape index (κ2) is 5.85. The van der Waals surface area contributed by atoms with Crippen molar-refractivity contribution in [2.75, 3.05) is 11.9 Å². The van der Waals surface area contributed by atoms with Gasteiger partial charge in [0.15, 0.2) is 0 Å². The Morgan fingerprint density at radius 2 is 2.21 bits per heavy atom. The highest BCUT2D eigenvalue weighted by atomic mass is 32.2. The third-order valence-corrected chi connectivity index (χ3v) is 3.88. The Labute approximate surface area is 111 Å². The molecule has 0 aliphatic rings. The molecular formula is C12H15N3O3S. The summed E-state index contributed by atoms with van der Waals surface area (Å²) in [4.78, 5) is 4.17. The first-order valence-electron chi connectivity index (χ1n) is 5.83. The van der Waals surface area contributed by atoms with Gasteiger partial charge in [-0.2, -0.15) is 0 Å². The normalized spacial score (nSPS) is 11.4. The van der Waals surface area contributed by atoms with Gasteiger partial charge in [-0.15, -0.1) is 0 Å². The molecule has 19 heavy (non-hydrogen) atoms. The van der Waals surface area contributed by atoms with Gasteiger partial charge in [-0.25, -0.2) is 18.1 Å². The summed E-state index contributed by atoms with van der Waals surface area (Å²) in [6.07, 6.45) is 4.54. The summed E-state index contributed by atoms with van der Waals surface area (Å²) in [5.74, 6) is 0.352. The lowest BCUT2D eigenvalue weighted by atomic mass is 10.4. The van der Waals surface area contributed by atoms with Crippen molar-refractivity contribution < 1.29 is 12.8 Å². The van der Waals surface area contributed by atoms with Gasteiger partial charge in [-0.3, -0.25) is 0 Å². The zero-order valence-corrected chi connectivity index (χ0v) is 11.3. The number of rotatable bonds is 6. The molecule has 0 aliphatic heterocycles. The molecule has 0 aromatic carbocycles. The minimum Gasteiger partial charge on any atom is -0.472 e. The van der Waals surface area contributed by atoms with Crippen molar-refractivity contribution in [1.82, 2.24) is 9.71 Å². The Bertz CT molecular complexity index is 623. The molecule has 7 heteroatoms. The lowest BCUT2D eigenvalue weighted by Gasteiger charge is -2.10. The molecule has 6 nitrogen and oxygen atoms in total. The van der Waals surface area contributed by atoms with Crippen molar-refractivity contribution in [3.63, 3.8) is 0 Å². The van der Waals surface area contributed by atoms with Gasteiger partial charge in [-0.05, 0) is 25.1 Å². The third-order valence-electron chi connectivity index (χ3n) is 2.45. The summed E-state index contributed by atoms with van der Waals surface area (Å²) in [5.41, 5.74) is 0.762. The lowest BCUT2D eigenvalue weighted by Crippen LogP contribution is -2.24. The molecule has 0 bridgehead atoms. The molecule has 0 atom stereocenters. The minimum absolute atomic E-state index is 0.139. The average molecular weight is 281 g/mol. The van der Waals surface area contributed by atoms with Crippen LogP contribution in [0.3, 0.4) is 0 Å². The Balaban J connectivity index is 2.19. The first-order valence-corrected chi connectivity index (χ1v) is 7.31. The molecular weight excluding hydrogens is 266 g/mol. The quantitative estimate of drug-likeness (QED) is 0.840. The van der Waals surface area contributed by atoms with Crippen LogP contribution in [0.25, 0.3) is 0 Å². The fourth-order valence-electron chi connectivity index (χ4n) is 1.56. The van der Waals surface area contributed by atoms with E-state index in [2.05, 4.69) is 15.0 Å². The van der Waals surface area contributed by atoms with Crippen LogP contribution < -0.4 is 10.0 Å².